The normalized spacial score (nSPS) is 10.2. The lowest BCUT2D eigenvalue weighted by molar-refractivity contribution is 1.38. The van der Waals surface area contributed by atoms with Crippen LogP contribution in [-0.2, 0) is 0 Å². The minimum atomic E-state index is -0.192. The Morgan fingerprint density at radius 3 is 3.00 bits per heavy atom. The average Bonchev–Trinajstić information content (AvgIpc) is 2.04. The Morgan fingerprint density at radius 1 is 1.27 bits per heavy atom. The van der Waals surface area contributed by atoms with Crippen LogP contribution in [0, 0.1) is 0 Å². The number of fused-ring (bicyclic) bond motifs is 1. The number of aromatic amines is 1. The van der Waals surface area contributed by atoms with Crippen molar-refractivity contribution in [3.8, 4) is 0 Å². The highest BCUT2D eigenvalue weighted by Gasteiger charge is 1.89. The van der Waals surface area contributed by atoms with Crippen molar-refractivity contribution in [1.82, 2.24) is 4.98 Å². The van der Waals surface area contributed by atoms with Gasteiger partial charge in [0.25, 0.3) is 0 Å². The predicted octanol–water partition coefficient (Wildman–Crippen LogP) is 0.598. The molecular formula is C8H7NOSi. The summed E-state index contributed by atoms with van der Waals surface area (Å²) in [6.07, 6.45) is 0. The lowest BCUT2D eigenvalue weighted by Crippen LogP contribution is -2.08. The molecule has 0 spiro atoms. The molecule has 2 aromatic rings. The summed E-state index contributed by atoms with van der Waals surface area (Å²) >= 11 is 0. The van der Waals surface area contributed by atoms with Crippen molar-refractivity contribution in [2.75, 3.05) is 0 Å². The van der Waals surface area contributed by atoms with Gasteiger partial charge < -0.3 is 4.98 Å². The summed E-state index contributed by atoms with van der Waals surface area (Å²) in [4.78, 5) is 13.7. The summed E-state index contributed by atoms with van der Waals surface area (Å²) in [5.41, 5.74) is 2.96. The van der Waals surface area contributed by atoms with E-state index in [9.17, 15) is 4.79 Å². The molecule has 1 aromatic carbocycles. The van der Waals surface area contributed by atoms with Crippen LogP contribution >= 0.6 is 0 Å². The molecule has 11 heavy (non-hydrogen) atoms. The van der Waals surface area contributed by atoms with Crippen LogP contribution in [-0.4, -0.2) is 14.1 Å². The second kappa shape index (κ2) is 2.43. The Balaban J connectivity index is 2.94. The molecule has 0 aliphatic heterocycles. The van der Waals surface area contributed by atoms with E-state index in [0.29, 0.717) is 0 Å². The quantitative estimate of drug-likeness (QED) is 0.564. The summed E-state index contributed by atoms with van der Waals surface area (Å²) in [6.45, 7) is 0. The van der Waals surface area contributed by atoms with Crippen molar-refractivity contribution in [3.05, 3.63) is 39.9 Å². The van der Waals surface area contributed by atoms with Crippen molar-refractivity contribution >= 4 is 20.0 Å². The minimum absolute atomic E-state index is 0.156. The molecule has 0 saturated carbocycles. The summed E-state index contributed by atoms with van der Waals surface area (Å²) in [7, 11) is -0.192. The van der Waals surface area contributed by atoms with Crippen LogP contribution in [0.15, 0.2) is 34.7 Å². The van der Waals surface area contributed by atoms with Gasteiger partial charge >= 0.3 is 0 Å². The third-order valence-electron chi connectivity index (χ3n) is 1.63. The van der Waals surface area contributed by atoms with Crippen LogP contribution in [0.2, 0.25) is 0 Å². The van der Waals surface area contributed by atoms with Gasteiger partial charge in [0.15, 0.2) is 0 Å². The van der Waals surface area contributed by atoms with E-state index in [0.717, 1.165) is 10.9 Å². The molecule has 54 valence electrons. The molecule has 0 atom stereocenters. The average molecular weight is 161 g/mol. The molecule has 1 aromatic heterocycles. The van der Waals surface area contributed by atoms with Gasteiger partial charge in [-0.1, -0.05) is 23.9 Å². The van der Waals surface area contributed by atoms with Crippen LogP contribution < -0.4 is 5.17 Å². The topological polar surface area (TPSA) is 32.9 Å². The molecule has 1 N–H and O–H groups in total. The number of benzene rings is 1. The van der Waals surface area contributed by atoms with Gasteiger partial charge in [-0.05, 0) is 11.5 Å². The largest absolute Gasteiger partial charge is 0.327 e. The van der Waals surface area contributed by atoms with Gasteiger partial charge in [-0.25, -0.2) is 0 Å². The number of rotatable bonds is 0. The second-order valence-electron chi connectivity index (χ2n) is 2.41. The van der Waals surface area contributed by atoms with E-state index in [2.05, 4.69) is 4.98 Å². The van der Waals surface area contributed by atoms with E-state index in [-0.39, 0.29) is 14.3 Å². The predicted molar refractivity (Wildman–Crippen MR) is 47.3 cm³/mol. The lowest BCUT2D eigenvalue weighted by atomic mass is 10.3. The van der Waals surface area contributed by atoms with E-state index < -0.39 is 0 Å². The maximum Gasteiger partial charge on any atom is 0.212 e. The maximum absolute atomic E-state index is 10.9. The smallest absolute Gasteiger partial charge is 0.212 e. The molecule has 0 fully saturated rings. The zero-order valence-corrected chi connectivity index (χ0v) is 7.03. The number of H-pyrrole nitrogens is 1. The highest BCUT2D eigenvalue weighted by molar-refractivity contribution is 6.28. The van der Waals surface area contributed by atoms with Crippen LogP contribution in [0.3, 0.4) is 0 Å². The first-order valence-corrected chi connectivity index (χ1v) is 4.69. The maximum atomic E-state index is 10.9. The monoisotopic (exact) mass is 161 g/mol. The summed E-state index contributed by atoms with van der Waals surface area (Å²) < 4.78 is 0. The minimum Gasteiger partial charge on any atom is -0.327 e. The van der Waals surface area contributed by atoms with Crippen LogP contribution in [0.1, 0.15) is 0 Å². The number of nitrogens with one attached hydrogen (secondary N) is 1. The van der Waals surface area contributed by atoms with Gasteiger partial charge in [0.1, 0.15) is 9.12 Å². The number of para-hydroxylation sites is 1. The van der Waals surface area contributed by atoms with E-state index in [1.54, 1.807) is 0 Å². The molecule has 0 aliphatic rings. The van der Waals surface area contributed by atoms with E-state index >= 15 is 0 Å². The Hall–Kier alpha value is -1.22. The van der Waals surface area contributed by atoms with E-state index in [4.69, 9.17) is 0 Å². The fraction of sp³-hybridized carbons (Fsp3) is 0. The number of hydrogen-bond donors (Lipinski definition) is 1. The molecule has 0 radical (unpaired) electrons. The Morgan fingerprint density at radius 2 is 2.09 bits per heavy atom. The standard InChI is InChI=1S/C8H7NOSi/c10-8-9-7-4-2-1-3-6(7)5-11-8/h1-5,11H,(H,9,10). The molecule has 2 nitrogen and oxygen atoms in total. The molecule has 0 unspecified atom stereocenters. The fourth-order valence-corrected chi connectivity index (χ4v) is 1.96. The van der Waals surface area contributed by atoms with Crippen LogP contribution in [0.4, 0.5) is 0 Å². The molecule has 2 rings (SSSR count). The number of hydrogen-bond acceptors (Lipinski definition) is 1. The van der Waals surface area contributed by atoms with Gasteiger partial charge in [-0.2, -0.15) is 0 Å². The second-order valence-corrected chi connectivity index (χ2v) is 3.60. The lowest BCUT2D eigenvalue weighted by Gasteiger charge is -1.93. The molecule has 3 heteroatoms. The fourth-order valence-electron chi connectivity index (χ4n) is 1.10. The SMILES string of the molecule is O=c1[nH]c2ccccc2c[siH]1. The van der Waals surface area contributed by atoms with Crippen molar-refractivity contribution in [2.24, 2.45) is 0 Å². The molecular weight excluding hydrogens is 154 g/mol. The summed E-state index contributed by atoms with van der Waals surface area (Å²) in [5.74, 6) is 0. The van der Waals surface area contributed by atoms with E-state index in [1.807, 2.05) is 29.9 Å². The van der Waals surface area contributed by atoms with Gasteiger partial charge in [-0.3, -0.25) is 4.79 Å². The summed E-state index contributed by atoms with van der Waals surface area (Å²) in [5, 5.41) is 1.31. The van der Waals surface area contributed by atoms with Crippen molar-refractivity contribution in [3.63, 3.8) is 0 Å². The zero-order chi connectivity index (χ0) is 7.68. The highest BCUT2D eigenvalue weighted by Crippen LogP contribution is 2.04. The number of aromatic nitrogens is 1. The molecule has 0 aliphatic carbocycles. The first kappa shape index (κ1) is 6.48. The Bertz CT molecular complexity index is 435. The van der Waals surface area contributed by atoms with Gasteiger partial charge in [-0.15, -0.1) is 0 Å². The van der Waals surface area contributed by atoms with E-state index in [1.165, 1.54) is 0 Å². The first-order valence-electron chi connectivity index (χ1n) is 3.44. The Kier molecular flexibility index (Phi) is 1.43. The molecule has 0 saturated heterocycles. The van der Waals surface area contributed by atoms with Gasteiger partial charge in [0.2, 0.25) is 5.17 Å². The van der Waals surface area contributed by atoms with Gasteiger partial charge in [0.05, 0.1) is 0 Å². The zero-order valence-electron chi connectivity index (χ0n) is 5.87. The third-order valence-corrected chi connectivity index (χ3v) is 2.61. The van der Waals surface area contributed by atoms with Crippen molar-refractivity contribution < 1.29 is 0 Å². The van der Waals surface area contributed by atoms with Crippen LogP contribution in [0.5, 0.6) is 0 Å². The van der Waals surface area contributed by atoms with Crippen LogP contribution in [0.25, 0.3) is 10.9 Å². The third kappa shape index (κ3) is 1.14. The summed E-state index contributed by atoms with van der Waals surface area (Å²) in [6, 6.07) is 7.84. The molecule has 1 heterocycles. The first-order chi connectivity index (χ1) is 5.36. The van der Waals surface area contributed by atoms with Crippen molar-refractivity contribution in [1.29, 1.82) is 0 Å². The van der Waals surface area contributed by atoms with Gasteiger partial charge in [0, 0.05) is 5.52 Å². The highest BCUT2D eigenvalue weighted by atomic mass is 28.2. The van der Waals surface area contributed by atoms with Crippen molar-refractivity contribution in [2.45, 2.75) is 0 Å². The Labute approximate surface area is 65.6 Å². The molecule has 0 bridgehead atoms. The molecule has 0 amide bonds.